The number of fused-ring (bicyclic) bond motifs is 3. The van der Waals surface area contributed by atoms with Crippen molar-refractivity contribution in [1.29, 1.82) is 5.26 Å². The molecule has 0 radical (unpaired) electrons. The van der Waals surface area contributed by atoms with Gasteiger partial charge in [-0.3, -0.25) is 14.3 Å². The molecule has 0 amide bonds. The van der Waals surface area contributed by atoms with Gasteiger partial charge >= 0.3 is 5.69 Å². The van der Waals surface area contributed by atoms with Crippen LogP contribution in [0.15, 0.2) is 40.2 Å². The lowest BCUT2D eigenvalue weighted by atomic mass is 9.85. The molecular weight excluding hydrogens is 434 g/mol. The summed E-state index contributed by atoms with van der Waals surface area (Å²) in [7, 11) is -1.17. The summed E-state index contributed by atoms with van der Waals surface area (Å²) in [6.07, 6.45) is 10.4. The highest BCUT2D eigenvalue weighted by Gasteiger charge is 2.25. The number of aromatic nitrogens is 4. The molecule has 3 heterocycles. The van der Waals surface area contributed by atoms with Gasteiger partial charge in [-0.05, 0) is 43.7 Å². The number of allylic oxidation sites excluding steroid dienone is 2. The number of ether oxygens (including phenoxy) is 1. The van der Waals surface area contributed by atoms with E-state index < -0.39 is 13.6 Å². The molecule has 1 fully saturated rings. The predicted molar refractivity (Wildman–Crippen MR) is 132 cm³/mol. The molecule has 1 aliphatic carbocycles. The Labute approximate surface area is 193 Å². The van der Waals surface area contributed by atoms with Crippen molar-refractivity contribution in [3.05, 3.63) is 51.5 Å². The first-order chi connectivity index (χ1) is 15.8. The molecule has 1 aliphatic rings. The zero-order chi connectivity index (χ0) is 23.6. The van der Waals surface area contributed by atoms with Crippen LogP contribution in [0.4, 0.5) is 0 Å². The Bertz CT molecular complexity index is 1330. The Kier molecular flexibility index (Phi) is 6.67. The molecule has 0 aliphatic heterocycles. The molecule has 0 spiro atoms. The van der Waals surface area contributed by atoms with Crippen LogP contribution in [0.2, 0.25) is 25.7 Å². The first-order valence-electron chi connectivity index (χ1n) is 11.5. The molecule has 1 saturated carbocycles. The summed E-state index contributed by atoms with van der Waals surface area (Å²) >= 11 is 0. The molecule has 174 valence electrons. The van der Waals surface area contributed by atoms with Crippen molar-refractivity contribution in [1.82, 2.24) is 19.1 Å². The van der Waals surface area contributed by atoms with Crippen molar-refractivity contribution in [3.63, 3.8) is 0 Å². The lowest BCUT2D eigenvalue weighted by molar-refractivity contribution is 0.0899. The van der Waals surface area contributed by atoms with E-state index >= 15 is 0 Å². The van der Waals surface area contributed by atoms with E-state index in [0.29, 0.717) is 35.8 Å². The van der Waals surface area contributed by atoms with Gasteiger partial charge in [0.25, 0.3) is 5.56 Å². The summed E-state index contributed by atoms with van der Waals surface area (Å²) in [5.74, 6) is 0.349. The van der Waals surface area contributed by atoms with Crippen LogP contribution >= 0.6 is 0 Å². The average molecular weight is 466 g/mol. The highest BCUT2D eigenvalue weighted by atomic mass is 28.3. The van der Waals surface area contributed by atoms with Crippen LogP contribution in [-0.4, -0.2) is 33.8 Å². The van der Waals surface area contributed by atoms with Crippen LogP contribution in [0.1, 0.15) is 31.7 Å². The molecule has 33 heavy (non-hydrogen) atoms. The third-order valence-corrected chi connectivity index (χ3v) is 8.17. The molecule has 0 unspecified atom stereocenters. The number of nitrogens with one attached hydrogen (secondary N) is 1. The highest BCUT2D eigenvalue weighted by Crippen LogP contribution is 2.34. The lowest BCUT2D eigenvalue weighted by Crippen LogP contribution is -2.34. The molecule has 0 bridgehead atoms. The minimum absolute atomic E-state index is 0.00877. The van der Waals surface area contributed by atoms with Crippen molar-refractivity contribution in [2.45, 2.75) is 64.1 Å². The molecule has 9 heteroatoms. The fourth-order valence-corrected chi connectivity index (χ4v) is 5.36. The number of hydrogen-bond donors (Lipinski definition) is 1. The van der Waals surface area contributed by atoms with E-state index in [9.17, 15) is 9.59 Å². The molecule has 4 rings (SSSR count). The van der Waals surface area contributed by atoms with Gasteiger partial charge in [0.1, 0.15) is 12.4 Å². The third kappa shape index (κ3) is 5.02. The van der Waals surface area contributed by atoms with Crippen LogP contribution in [0, 0.1) is 17.2 Å². The third-order valence-electron chi connectivity index (χ3n) is 6.46. The minimum atomic E-state index is -1.17. The molecule has 8 nitrogen and oxygen atoms in total. The number of H-pyrrole nitrogens is 1. The molecular formula is C24H31N5O3Si. The second-order valence-corrected chi connectivity index (χ2v) is 15.7. The summed E-state index contributed by atoms with van der Waals surface area (Å²) in [4.78, 5) is 32.6. The van der Waals surface area contributed by atoms with E-state index in [1.54, 1.807) is 10.8 Å². The van der Waals surface area contributed by atoms with Crippen LogP contribution in [0.5, 0.6) is 0 Å². The predicted octanol–water partition coefficient (Wildman–Crippen LogP) is 4.16. The topological polar surface area (TPSA) is 106 Å². The summed E-state index contributed by atoms with van der Waals surface area (Å²) in [6.45, 7) is 8.05. The zero-order valence-corrected chi connectivity index (χ0v) is 20.5. The Morgan fingerprint density at radius 1 is 1.24 bits per heavy atom. The number of nitrogens with zero attached hydrogens (tertiary/aromatic N) is 4. The zero-order valence-electron chi connectivity index (χ0n) is 19.5. The Morgan fingerprint density at radius 3 is 2.70 bits per heavy atom. The Balaban J connectivity index is 1.69. The van der Waals surface area contributed by atoms with Crippen molar-refractivity contribution in [2.24, 2.45) is 5.92 Å². The van der Waals surface area contributed by atoms with Gasteiger partial charge in [0.15, 0.2) is 0 Å². The second kappa shape index (κ2) is 9.49. The SMILES string of the molecule is C[Si](C)(C)CCOCn1ccc2c1ncc1c(=O)[nH]c(=O)n([C@H]3CC[C@H](/C=C/C#N)CC3)c12. The number of hydrogen-bond acceptors (Lipinski definition) is 5. The summed E-state index contributed by atoms with van der Waals surface area (Å²) in [5, 5.41) is 9.99. The number of rotatable bonds is 7. The van der Waals surface area contributed by atoms with Gasteiger partial charge in [0.2, 0.25) is 0 Å². The van der Waals surface area contributed by atoms with E-state index in [0.717, 1.165) is 37.1 Å². The monoisotopic (exact) mass is 465 g/mol. The van der Waals surface area contributed by atoms with Gasteiger partial charge in [-0.15, -0.1) is 0 Å². The normalized spacial score (nSPS) is 19.5. The molecule has 0 aromatic carbocycles. The van der Waals surface area contributed by atoms with Crippen molar-refractivity contribution in [2.75, 3.05) is 6.61 Å². The largest absolute Gasteiger partial charge is 0.361 e. The summed E-state index contributed by atoms with van der Waals surface area (Å²) in [6, 6.07) is 5.05. The van der Waals surface area contributed by atoms with E-state index in [4.69, 9.17) is 10.00 Å². The second-order valence-electron chi connectivity index (χ2n) is 10.1. The highest BCUT2D eigenvalue weighted by molar-refractivity contribution is 6.76. The van der Waals surface area contributed by atoms with E-state index in [-0.39, 0.29) is 11.7 Å². The fourth-order valence-electron chi connectivity index (χ4n) is 4.60. The smallest absolute Gasteiger partial charge is 0.329 e. The van der Waals surface area contributed by atoms with Crippen LogP contribution in [0.25, 0.3) is 21.9 Å². The summed E-state index contributed by atoms with van der Waals surface area (Å²) in [5.41, 5.74) is 0.561. The van der Waals surface area contributed by atoms with Gasteiger partial charge in [-0.2, -0.15) is 5.26 Å². The average Bonchev–Trinajstić information content (AvgIpc) is 3.19. The molecule has 3 aromatic heterocycles. The number of aromatic amines is 1. The van der Waals surface area contributed by atoms with Crippen molar-refractivity contribution < 1.29 is 4.74 Å². The number of pyridine rings is 1. The van der Waals surface area contributed by atoms with Gasteiger partial charge in [0.05, 0.1) is 17.0 Å². The summed E-state index contributed by atoms with van der Waals surface area (Å²) < 4.78 is 9.58. The minimum Gasteiger partial charge on any atom is -0.361 e. The Morgan fingerprint density at radius 2 is 2.00 bits per heavy atom. The van der Waals surface area contributed by atoms with E-state index in [1.165, 1.54) is 6.08 Å². The van der Waals surface area contributed by atoms with Gasteiger partial charge < -0.3 is 9.30 Å². The standard InChI is InChI=1S/C24H31N5O3Si/c1-33(2,3)14-13-32-16-28-12-10-19-21-20(15-26-22(19)28)23(30)27-24(31)29(21)18-8-6-17(7-9-18)5-4-11-25/h4-5,10,12,15,17-18H,6-9,13-14,16H2,1-3H3,(H,27,30,31)/b5-4+/t17-,18-. The maximum Gasteiger partial charge on any atom is 0.329 e. The van der Waals surface area contributed by atoms with Crippen molar-refractivity contribution >= 4 is 30.0 Å². The number of nitriles is 1. The van der Waals surface area contributed by atoms with E-state index in [1.807, 2.05) is 22.9 Å². The lowest BCUT2D eigenvalue weighted by Gasteiger charge is -2.29. The molecule has 0 atom stereocenters. The van der Waals surface area contributed by atoms with Gasteiger partial charge in [-0.1, -0.05) is 25.7 Å². The first kappa shape index (κ1) is 23.2. The maximum atomic E-state index is 13.0. The molecule has 0 saturated heterocycles. The molecule has 1 N–H and O–H groups in total. The first-order valence-corrected chi connectivity index (χ1v) is 15.3. The van der Waals surface area contributed by atoms with E-state index in [2.05, 4.69) is 35.7 Å². The molecule has 3 aromatic rings. The van der Waals surface area contributed by atoms with Crippen LogP contribution < -0.4 is 11.2 Å². The van der Waals surface area contributed by atoms with Gasteiger partial charge in [0, 0.05) is 44.6 Å². The van der Waals surface area contributed by atoms with Crippen LogP contribution in [0.3, 0.4) is 0 Å². The quantitative estimate of drug-likeness (QED) is 0.320. The maximum absolute atomic E-state index is 13.0. The fraction of sp³-hybridized carbons (Fsp3) is 0.500. The van der Waals surface area contributed by atoms with Gasteiger partial charge in [-0.25, -0.2) is 9.78 Å². The van der Waals surface area contributed by atoms with Crippen molar-refractivity contribution in [3.8, 4) is 6.07 Å². The Hall–Kier alpha value is -2.96. The van der Waals surface area contributed by atoms with Crippen LogP contribution in [-0.2, 0) is 11.5 Å².